The Morgan fingerprint density at radius 3 is 2.46 bits per heavy atom. The van der Waals surface area contributed by atoms with Gasteiger partial charge in [-0.3, -0.25) is 9.36 Å². The van der Waals surface area contributed by atoms with Gasteiger partial charge in [-0.25, -0.2) is 4.98 Å². The van der Waals surface area contributed by atoms with Crippen molar-refractivity contribution in [2.45, 2.75) is 19.8 Å². The number of hydrogen-bond donors (Lipinski definition) is 1. The minimum Gasteiger partial charge on any atom is -0.507 e. The first-order chi connectivity index (χ1) is 11.4. The van der Waals surface area contributed by atoms with Crippen LogP contribution in [0.1, 0.15) is 31.2 Å². The van der Waals surface area contributed by atoms with Crippen molar-refractivity contribution in [2.24, 2.45) is 0 Å². The highest BCUT2D eigenvalue weighted by molar-refractivity contribution is 14.1. The summed E-state index contributed by atoms with van der Waals surface area (Å²) in [7, 11) is 0. The molecular formula is C18H14IN3O2. The molecule has 120 valence electrons. The maximum Gasteiger partial charge on any atom is 0.266 e. The highest BCUT2D eigenvalue weighted by Crippen LogP contribution is 2.27. The van der Waals surface area contributed by atoms with E-state index < -0.39 is 0 Å². The molecule has 0 saturated heterocycles. The summed E-state index contributed by atoms with van der Waals surface area (Å²) >= 11 is 2.00. The lowest BCUT2D eigenvalue weighted by atomic mass is 10.1. The number of hydrogen-bond acceptors (Lipinski definition) is 4. The molecule has 0 radical (unpaired) electrons. The number of nitriles is 1. The van der Waals surface area contributed by atoms with Crippen LogP contribution in [-0.2, 0) is 0 Å². The van der Waals surface area contributed by atoms with E-state index in [2.05, 4.69) is 11.1 Å². The molecule has 2 aromatic carbocycles. The van der Waals surface area contributed by atoms with Crippen molar-refractivity contribution in [1.82, 2.24) is 9.55 Å². The number of nitrogens with zero attached hydrogens (tertiary/aromatic N) is 3. The molecular weight excluding hydrogens is 417 g/mol. The molecule has 0 fully saturated rings. The average molecular weight is 431 g/mol. The van der Waals surface area contributed by atoms with Gasteiger partial charge in [-0.1, -0.05) is 13.8 Å². The SMILES string of the molecule is CC(C)c1nc2c(I)c(O)ccc2c(=O)n1-c1ccc(C#N)cc1. The third kappa shape index (κ3) is 2.65. The molecule has 5 nitrogen and oxygen atoms in total. The predicted molar refractivity (Wildman–Crippen MR) is 101 cm³/mol. The summed E-state index contributed by atoms with van der Waals surface area (Å²) in [5, 5.41) is 19.3. The number of phenolic OH excluding ortho intramolecular Hbond substituents is 1. The lowest BCUT2D eigenvalue weighted by Gasteiger charge is -2.16. The molecule has 0 aliphatic heterocycles. The summed E-state index contributed by atoms with van der Waals surface area (Å²) in [5.41, 5.74) is 1.52. The van der Waals surface area contributed by atoms with Gasteiger partial charge in [0.15, 0.2) is 0 Å². The molecule has 1 heterocycles. The Balaban J connectivity index is 2.40. The molecule has 0 amide bonds. The summed E-state index contributed by atoms with van der Waals surface area (Å²) in [4.78, 5) is 17.7. The van der Waals surface area contributed by atoms with E-state index >= 15 is 0 Å². The first kappa shape index (κ1) is 16.5. The van der Waals surface area contributed by atoms with Gasteiger partial charge in [-0.05, 0) is 59.0 Å². The van der Waals surface area contributed by atoms with Crippen molar-refractivity contribution < 1.29 is 5.11 Å². The minimum absolute atomic E-state index is 0.0101. The van der Waals surface area contributed by atoms with Gasteiger partial charge in [0.25, 0.3) is 5.56 Å². The van der Waals surface area contributed by atoms with Crippen molar-refractivity contribution >= 4 is 33.5 Å². The van der Waals surface area contributed by atoms with Crippen LogP contribution in [-0.4, -0.2) is 14.7 Å². The van der Waals surface area contributed by atoms with Gasteiger partial charge in [0.1, 0.15) is 11.6 Å². The molecule has 3 aromatic rings. The Hall–Kier alpha value is -2.40. The normalized spacial score (nSPS) is 11.0. The Labute approximate surface area is 152 Å². The Morgan fingerprint density at radius 2 is 1.88 bits per heavy atom. The van der Waals surface area contributed by atoms with Gasteiger partial charge in [0.05, 0.1) is 31.8 Å². The van der Waals surface area contributed by atoms with Crippen molar-refractivity contribution in [3.8, 4) is 17.5 Å². The quantitative estimate of drug-likeness (QED) is 0.628. The molecule has 0 aliphatic rings. The van der Waals surface area contributed by atoms with E-state index in [1.165, 1.54) is 6.07 Å². The zero-order valence-corrected chi connectivity index (χ0v) is 15.3. The van der Waals surface area contributed by atoms with Crippen molar-refractivity contribution in [3.63, 3.8) is 0 Å². The molecule has 0 bridgehead atoms. The van der Waals surface area contributed by atoms with Crippen LogP contribution in [0, 0.1) is 14.9 Å². The van der Waals surface area contributed by atoms with Crippen molar-refractivity contribution in [3.05, 3.63) is 61.7 Å². The van der Waals surface area contributed by atoms with Crippen LogP contribution in [0.4, 0.5) is 0 Å². The summed E-state index contributed by atoms with van der Waals surface area (Å²) in [5.74, 6) is 0.734. The molecule has 0 saturated carbocycles. The lowest BCUT2D eigenvalue weighted by Crippen LogP contribution is -2.25. The van der Waals surface area contributed by atoms with Gasteiger partial charge < -0.3 is 5.11 Å². The summed E-state index contributed by atoms with van der Waals surface area (Å²) in [6.07, 6.45) is 0. The largest absolute Gasteiger partial charge is 0.507 e. The zero-order valence-electron chi connectivity index (χ0n) is 13.1. The molecule has 0 spiro atoms. The van der Waals surface area contributed by atoms with Crippen LogP contribution in [0.25, 0.3) is 16.6 Å². The van der Waals surface area contributed by atoms with Gasteiger partial charge in [0.2, 0.25) is 0 Å². The maximum absolute atomic E-state index is 13.0. The first-order valence-electron chi connectivity index (χ1n) is 7.38. The van der Waals surface area contributed by atoms with E-state index in [1.807, 2.05) is 36.4 Å². The number of benzene rings is 2. The highest BCUT2D eigenvalue weighted by atomic mass is 127. The van der Waals surface area contributed by atoms with Crippen molar-refractivity contribution in [1.29, 1.82) is 5.26 Å². The number of fused-ring (bicyclic) bond motifs is 1. The van der Waals surface area contributed by atoms with Gasteiger partial charge in [0, 0.05) is 5.92 Å². The minimum atomic E-state index is -0.189. The van der Waals surface area contributed by atoms with Crippen LogP contribution in [0.3, 0.4) is 0 Å². The molecule has 0 atom stereocenters. The van der Waals surface area contributed by atoms with Gasteiger partial charge in [-0.15, -0.1) is 0 Å². The molecule has 3 rings (SSSR count). The Bertz CT molecular complexity index is 1030. The number of phenols is 1. The first-order valence-corrected chi connectivity index (χ1v) is 8.46. The van der Waals surface area contributed by atoms with Crippen LogP contribution < -0.4 is 5.56 Å². The van der Waals surface area contributed by atoms with E-state index in [0.717, 1.165) is 0 Å². The van der Waals surface area contributed by atoms with Crippen LogP contribution >= 0.6 is 22.6 Å². The smallest absolute Gasteiger partial charge is 0.266 e. The van der Waals surface area contributed by atoms with Crippen molar-refractivity contribution in [2.75, 3.05) is 0 Å². The van der Waals surface area contributed by atoms with E-state index in [0.29, 0.717) is 31.5 Å². The fraction of sp³-hybridized carbons (Fsp3) is 0.167. The number of halogens is 1. The van der Waals surface area contributed by atoms with E-state index in [9.17, 15) is 9.90 Å². The summed E-state index contributed by atoms with van der Waals surface area (Å²) in [6.45, 7) is 3.92. The summed E-state index contributed by atoms with van der Waals surface area (Å²) in [6, 6.07) is 12.0. The molecule has 0 aliphatic carbocycles. The lowest BCUT2D eigenvalue weighted by molar-refractivity contribution is 0.472. The molecule has 0 unspecified atom stereocenters. The molecule has 6 heteroatoms. The monoisotopic (exact) mass is 431 g/mol. The zero-order chi connectivity index (χ0) is 17.4. The highest BCUT2D eigenvalue weighted by Gasteiger charge is 2.18. The fourth-order valence-electron chi connectivity index (χ4n) is 2.55. The third-order valence-electron chi connectivity index (χ3n) is 3.76. The number of aromatic hydroxyl groups is 1. The van der Waals surface area contributed by atoms with Gasteiger partial charge in [-0.2, -0.15) is 5.26 Å². The maximum atomic E-state index is 13.0. The second-order valence-corrected chi connectivity index (χ2v) is 6.80. The van der Waals surface area contributed by atoms with E-state index in [-0.39, 0.29) is 17.2 Å². The van der Waals surface area contributed by atoms with E-state index in [4.69, 9.17) is 5.26 Å². The number of aromatic nitrogens is 2. The molecule has 24 heavy (non-hydrogen) atoms. The molecule has 1 N–H and O–H groups in total. The van der Waals surface area contributed by atoms with Gasteiger partial charge >= 0.3 is 0 Å². The Morgan fingerprint density at radius 1 is 1.21 bits per heavy atom. The molecule has 1 aromatic heterocycles. The van der Waals surface area contributed by atoms with Crippen LogP contribution in [0.2, 0.25) is 0 Å². The number of rotatable bonds is 2. The van der Waals surface area contributed by atoms with E-state index in [1.54, 1.807) is 34.9 Å². The summed E-state index contributed by atoms with van der Waals surface area (Å²) < 4.78 is 2.14. The third-order valence-corrected chi connectivity index (χ3v) is 4.82. The fourth-order valence-corrected chi connectivity index (χ4v) is 3.14. The van der Waals surface area contributed by atoms with Crippen LogP contribution in [0.15, 0.2) is 41.2 Å². The average Bonchev–Trinajstić information content (AvgIpc) is 2.58. The second kappa shape index (κ2) is 6.24. The van der Waals surface area contributed by atoms with Crippen LogP contribution in [0.5, 0.6) is 5.75 Å². The Kier molecular flexibility index (Phi) is 4.28. The topological polar surface area (TPSA) is 78.9 Å². The predicted octanol–water partition coefficient (Wildman–Crippen LogP) is 3.69. The second-order valence-electron chi connectivity index (χ2n) is 5.72. The standard InChI is InChI=1S/C18H14IN3O2/c1-10(2)17-21-16-13(7-8-14(23)15(16)19)18(24)22(17)12-5-3-11(9-20)4-6-12/h3-8,10,23H,1-2H3.